The number of fused-ring (bicyclic) bond motifs is 1. The Morgan fingerprint density at radius 1 is 1.37 bits per heavy atom. The lowest BCUT2D eigenvalue weighted by Gasteiger charge is -2.33. The molecule has 0 amide bonds. The lowest BCUT2D eigenvalue weighted by molar-refractivity contribution is 0.0619. The van der Waals surface area contributed by atoms with Crippen LogP contribution in [0.5, 0.6) is 0 Å². The summed E-state index contributed by atoms with van der Waals surface area (Å²) in [4.78, 5) is 4.25. The van der Waals surface area contributed by atoms with E-state index in [1.165, 1.54) is 12.8 Å². The summed E-state index contributed by atoms with van der Waals surface area (Å²) >= 11 is 5.90. The number of nitrogens with zero attached hydrogens (tertiary/aromatic N) is 2. The molecule has 1 aliphatic heterocycles. The second-order valence-electron chi connectivity index (χ2n) is 5.18. The van der Waals surface area contributed by atoms with Crippen LogP contribution in [0.1, 0.15) is 31.4 Å². The fraction of sp³-hybridized carbons (Fsp3) is 0.571. The van der Waals surface area contributed by atoms with Crippen LogP contribution in [0.4, 0.5) is 5.82 Å². The van der Waals surface area contributed by atoms with Crippen LogP contribution >= 0.6 is 11.6 Å². The number of halogens is 1. The average Bonchev–Trinajstić information content (AvgIpc) is 2.90. The largest absolute Gasteiger partial charge is 0.378 e. The predicted octanol–water partition coefficient (Wildman–Crippen LogP) is 2.98. The topological polar surface area (TPSA) is 57.9 Å². The van der Waals surface area contributed by atoms with Gasteiger partial charge in [0.15, 0.2) is 5.69 Å². The van der Waals surface area contributed by atoms with Gasteiger partial charge in [0, 0.05) is 18.6 Å². The summed E-state index contributed by atoms with van der Waals surface area (Å²) in [6.07, 6.45) is 4.99. The molecule has 3 atom stereocenters. The molecule has 19 heavy (non-hydrogen) atoms. The highest BCUT2D eigenvalue weighted by molar-refractivity contribution is 6.31. The molecule has 0 unspecified atom stereocenters. The van der Waals surface area contributed by atoms with E-state index in [0.29, 0.717) is 23.1 Å². The van der Waals surface area contributed by atoms with Crippen LogP contribution in [0.3, 0.4) is 0 Å². The molecule has 0 radical (unpaired) electrons. The smallest absolute Gasteiger partial charge is 0.161 e. The van der Waals surface area contributed by atoms with Gasteiger partial charge in [0.2, 0.25) is 0 Å². The van der Waals surface area contributed by atoms with Crippen molar-refractivity contribution in [1.29, 1.82) is 5.26 Å². The molecule has 2 aliphatic rings. The van der Waals surface area contributed by atoms with Crippen LogP contribution in [-0.4, -0.2) is 23.7 Å². The number of aromatic nitrogens is 1. The third-order valence-corrected chi connectivity index (χ3v) is 4.37. The number of anilines is 1. The van der Waals surface area contributed by atoms with E-state index in [0.717, 1.165) is 25.3 Å². The molecule has 5 heteroatoms. The van der Waals surface area contributed by atoms with Gasteiger partial charge in [0.25, 0.3) is 0 Å². The number of pyridine rings is 1. The molecule has 1 saturated heterocycles. The molecule has 3 rings (SSSR count). The van der Waals surface area contributed by atoms with E-state index in [-0.39, 0.29) is 5.69 Å². The number of hydrogen-bond donors (Lipinski definition) is 1. The van der Waals surface area contributed by atoms with Gasteiger partial charge in [-0.3, -0.25) is 0 Å². The van der Waals surface area contributed by atoms with Crippen molar-refractivity contribution in [2.75, 3.05) is 11.9 Å². The quantitative estimate of drug-likeness (QED) is 0.903. The van der Waals surface area contributed by atoms with Gasteiger partial charge in [-0.05, 0) is 37.8 Å². The molecule has 0 bridgehead atoms. The Bertz CT molecular complexity index is 514. The highest BCUT2D eigenvalue weighted by Gasteiger charge is 2.37. The molecule has 1 N–H and O–H groups in total. The van der Waals surface area contributed by atoms with Crippen LogP contribution in [0, 0.1) is 17.2 Å². The second kappa shape index (κ2) is 5.36. The average molecular weight is 278 g/mol. The molecule has 4 nitrogen and oxygen atoms in total. The van der Waals surface area contributed by atoms with E-state index in [1.54, 1.807) is 6.07 Å². The summed E-state index contributed by atoms with van der Waals surface area (Å²) in [6, 6.07) is 5.96. The third-order valence-electron chi connectivity index (χ3n) is 4.07. The van der Waals surface area contributed by atoms with Gasteiger partial charge in [-0.25, -0.2) is 4.98 Å². The van der Waals surface area contributed by atoms with Gasteiger partial charge in [0.05, 0.1) is 11.1 Å². The first-order chi connectivity index (χ1) is 9.28. The van der Waals surface area contributed by atoms with Crippen molar-refractivity contribution < 1.29 is 4.74 Å². The second-order valence-corrected chi connectivity index (χ2v) is 5.59. The fourth-order valence-corrected chi connectivity index (χ4v) is 3.29. The third kappa shape index (κ3) is 2.54. The zero-order chi connectivity index (χ0) is 13.2. The van der Waals surface area contributed by atoms with Gasteiger partial charge in [-0.15, -0.1) is 0 Å². The minimum atomic E-state index is 0.279. The van der Waals surface area contributed by atoms with Crippen molar-refractivity contribution in [1.82, 2.24) is 4.98 Å². The monoisotopic (exact) mass is 277 g/mol. The number of rotatable bonds is 2. The lowest BCUT2D eigenvalue weighted by atomic mass is 9.82. The summed E-state index contributed by atoms with van der Waals surface area (Å²) in [7, 11) is 0. The van der Waals surface area contributed by atoms with E-state index in [1.807, 2.05) is 12.1 Å². The summed E-state index contributed by atoms with van der Waals surface area (Å²) in [5.74, 6) is 1.30. The zero-order valence-electron chi connectivity index (χ0n) is 10.6. The number of nitrogens with one attached hydrogen (secondary N) is 1. The Hall–Kier alpha value is -1.31. The summed E-state index contributed by atoms with van der Waals surface area (Å²) in [5, 5.41) is 12.8. The Morgan fingerprint density at radius 2 is 2.26 bits per heavy atom. The van der Waals surface area contributed by atoms with Crippen molar-refractivity contribution >= 4 is 17.4 Å². The van der Waals surface area contributed by atoms with E-state index < -0.39 is 0 Å². The van der Waals surface area contributed by atoms with Crippen LogP contribution < -0.4 is 5.32 Å². The molecule has 2 heterocycles. The Kier molecular flexibility index (Phi) is 3.58. The van der Waals surface area contributed by atoms with Crippen molar-refractivity contribution in [3.8, 4) is 6.07 Å². The van der Waals surface area contributed by atoms with Crippen molar-refractivity contribution in [2.24, 2.45) is 5.92 Å². The van der Waals surface area contributed by atoms with Crippen molar-refractivity contribution in [3.63, 3.8) is 0 Å². The Morgan fingerprint density at radius 3 is 3.11 bits per heavy atom. The van der Waals surface area contributed by atoms with Gasteiger partial charge in [-0.1, -0.05) is 11.6 Å². The maximum Gasteiger partial charge on any atom is 0.161 e. The Balaban J connectivity index is 1.75. The summed E-state index contributed by atoms with van der Waals surface area (Å²) in [6.45, 7) is 0.866. The molecule has 0 spiro atoms. The maximum absolute atomic E-state index is 8.95. The normalized spacial score (nSPS) is 29.6. The highest BCUT2D eigenvalue weighted by atomic mass is 35.5. The maximum atomic E-state index is 8.95. The first kappa shape index (κ1) is 12.7. The summed E-state index contributed by atoms with van der Waals surface area (Å²) in [5.41, 5.74) is 0.279. The van der Waals surface area contributed by atoms with Crippen LogP contribution in [0.15, 0.2) is 12.1 Å². The number of hydrogen-bond acceptors (Lipinski definition) is 4. The molecular weight excluding hydrogens is 262 g/mol. The van der Waals surface area contributed by atoms with Gasteiger partial charge in [-0.2, -0.15) is 5.26 Å². The van der Waals surface area contributed by atoms with Gasteiger partial charge in [0.1, 0.15) is 11.9 Å². The van der Waals surface area contributed by atoms with Crippen LogP contribution in [0.25, 0.3) is 0 Å². The predicted molar refractivity (Wildman–Crippen MR) is 73.1 cm³/mol. The molecule has 1 aromatic rings. The zero-order valence-corrected chi connectivity index (χ0v) is 11.4. The summed E-state index contributed by atoms with van der Waals surface area (Å²) < 4.78 is 5.75. The number of ether oxygens (including phenoxy) is 1. The van der Waals surface area contributed by atoms with Crippen molar-refractivity contribution in [3.05, 3.63) is 22.8 Å². The minimum absolute atomic E-state index is 0.279. The molecule has 1 aliphatic carbocycles. The van der Waals surface area contributed by atoms with Crippen molar-refractivity contribution in [2.45, 2.75) is 37.8 Å². The fourth-order valence-electron chi connectivity index (χ4n) is 3.15. The van der Waals surface area contributed by atoms with E-state index in [2.05, 4.69) is 10.3 Å². The molecule has 100 valence electrons. The van der Waals surface area contributed by atoms with Gasteiger partial charge < -0.3 is 10.1 Å². The first-order valence-electron chi connectivity index (χ1n) is 6.72. The molecule has 1 aromatic heterocycles. The highest BCUT2D eigenvalue weighted by Crippen LogP contribution is 2.35. The van der Waals surface area contributed by atoms with Crippen LogP contribution in [0.2, 0.25) is 5.02 Å². The molecular formula is C14H16ClN3O. The van der Waals surface area contributed by atoms with Gasteiger partial charge >= 0.3 is 0 Å². The standard InChI is InChI=1S/C14H16ClN3O/c15-10-4-5-14(18-12(10)8-16)17-11-2-1-3-13-9(11)6-7-19-13/h4-5,9,11,13H,1-3,6-7H2,(H,17,18)/t9-,11+,13-/m0/s1. The molecule has 0 aromatic carbocycles. The molecule has 1 saturated carbocycles. The lowest BCUT2D eigenvalue weighted by Crippen LogP contribution is -2.38. The minimum Gasteiger partial charge on any atom is -0.378 e. The SMILES string of the molecule is N#Cc1nc(N[C@@H]2CCC[C@@H]3OCC[C@H]32)ccc1Cl. The van der Waals surface area contributed by atoms with E-state index in [4.69, 9.17) is 21.6 Å². The molecule has 2 fully saturated rings. The van der Waals surface area contributed by atoms with E-state index >= 15 is 0 Å². The van der Waals surface area contributed by atoms with E-state index in [9.17, 15) is 0 Å². The first-order valence-corrected chi connectivity index (χ1v) is 7.10. The number of nitriles is 1. The Labute approximate surface area is 117 Å². The van der Waals surface area contributed by atoms with Crippen LogP contribution in [-0.2, 0) is 4.74 Å².